The zero-order valence-electron chi connectivity index (χ0n) is 12.8. The maximum atomic E-state index is 12.4. The van der Waals surface area contributed by atoms with Gasteiger partial charge in [-0.05, 0) is 44.4 Å². The molecule has 2 heterocycles. The lowest BCUT2D eigenvalue weighted by Crippen LogP contribution is -2.57. The van der Waals surface area contributed by atoms with Crippen molar-refractivity contribution < 1.29 is 8.42 Å². The van der Waals surface area contributed by atoms with E-state index >= 15 is 0 Å². The topological polar surface area (TPSA) is 75.4 Å². The molecular formula is C15H29N3O2S. The third-order valence-corrected chi connectivity index (χ3v) is 7.57. The van der Waals surface area contributed by atoms with Crippen LogP contribution in [-0.4, -0.2) is 49.7 Å². The standard InChI is InChI=1S/C15H29N3O2S/c16-15-6-2-1-4-12(15)7-8-14-10-17-13-5-3-9-21(19,20)18(14)11-13/h12-15,17H,1-11,16H2. The molecule has 21 heavy (non-hydrogen) atoms. The number of hydrogen-bond donors (Lipinski definition) is 2. The minimum absolute atomic E-state index is 0.137. The Balaban J connectivity index is 1.62. The highest BCUT2D eigenvalue weighted by atomic mass is 32.2. The van der Waals surface area contributed by atoms with Crippen molar-refractivity contribution in [3.8, 4) is 0 Å². The maximum absolute atomic E-state index is 12.4. The fraction of sp³-hybridized carbons (Fsp3) is 1.00. The van der Waals surface area contributed by atoms with Crippen molar-refractivity contribution in [2.24, 2.45) is 11.7 Å². The van der Waals surface area contributed by atoms with E-state index in [0.29, 0.717) is 30.3 Å². The zero-order valence-corrected chi connectivity index (χ0v) is 13.7. The molecule has 5 unspecified atom stereocenters. The lowest BCUT2D eigenvalue weighted by Gasteiger charge is -2.39. The van der Waals surface area contributed by atoms with Crippen molar-refractivity contribution in [2.75, 3.05) is 18.8 Å². The van der Waals surface area contributed by atoms with Gasteiger partial charge in [-0.15, -0.1) is 0 Å². The monoisotopic (exact) mass is 315 g/mol. The minimum Gasteiger partial charge on any atom is -0.327 e. The second-order valence-corrected chi connectivity index (χ2v) is 9.11. The van der Waals surface area contributed by atoms with Gasteiger partial charge in [0.15, 0.2) is 0 Å². The van der Waals surface area contributed by atoms with Gasteiger partial charge in [0.1, 0.15) is 0 Å². The molecule has 0 aromatic heterocycles. The van der Waals surface area contributed by atoms with Gasteiger partial charge in [0, 0.05) is 31.2 Å². The van der Waals surface area contributed by atoms with Gasteiger partial charge < -0.3 is 11.1 Å². The lowest BCUT2D eigenvalue weighted by atomic mass is 9.81. The molecule has 0 spiro atoms. The molecule has 0 aromatic carbocycles. The van der Waals surface area contributed by atoms with Crippen LogP contribution in [0, 0.1) is 5.92 Å². The van der Waals surface area contributed by atoms with Gasteiger partial charge in [0.25, 0.3) is 0 Å². The Hall–Kier alpha value is -0.170. The first-order valence-electron chi connectivity index (χ1n) is 8.55. The second kappa shape index (κ2) is 6.52. The molecule has 2 bridgehead atoms. The summed E-state index contributed by atoms with van der Waals surface area (Å²) >= 11 is 0. The van der Waals surface area contributed by atoms with Crippen LogP contribution in [0.2, 0.25) is 0 Å². The summed E-state index contributed by atoms with van der Waals surface area (Å²) in [5.41, 5.74) is 6.23. The fourth-order valence-electron chi connectivity index (χ4n) is 4.25. The molecule has 6 heteroatoms. The molecule has 5 atom stereocenters. The van der Waals surface area contributed by atoms with Gasteiger partial charge in [-0.3, -0.25) is 0 Å². The number of nitrogens with two attached hydrogens (primary N) is 1. The largest absolute Gasteiger partial charge is 0.327 e. The molecule has 0 radical (unpaired) electrons. The Kier molecular flexibility index (Phi) is 4.88. The Morgan fingerprint density at radius 3 is 2.71 bits per heavy atom. The van der Waals surface area contributed by atoms with E-state index in [4.69, 9.17) is 5.73 Å². The van der Waals surface area contributed by atoms with E-state index in [0.717, 1.165) is 38.6 Å². The summed E-state index contributed by atoms with van der Waals surface area (Å²) in [4.78, 5) is 0. The molecule has 1 aliphatic carbocycles. The van der Waals surface area contributed by atoms with Crippen LogP contribution in [-0.2, 0) is 10.0 Å². The van der Waals surface area contributed by atoms with Gasteiger partial charge >= 0.3 is 0 Å². The van der Waals surface area contributed by atoms with Gasteiger partial charge in [-0.2, -0.15) is 4.31 Å². The highest BCUT2D eigenvalue weighted by Crippen LogP contribution is 2.30. The van der Waals surface area contributed by atoms with Crippen LogP contribution in [0.5, 0.6) is 0 Å². The normalized spacial score (nSPS) is 43.2. The quantitative estimate of drug-likeness (QED) is 0.816. The number of nitrogens with zero attached hydrogens (tertiary/aromatic N) is 1. The molecule has 2 aliphatic heterocycles. The fourth-order valence-corrected chi connectivity index (χ4v) is 6.05. The summed E-state index contributed by atoms with van der Waals surface area (Å²) in [7, 11) is -3.05. The van der Waals surface area contributed by atoms with Crippen LogP contribution in [0.4, 0.5) is 0 Å². The van der Waals surface area contributed by atoms with Crippen molar-refractivity contribution in [3.05, 3.63) is 0 Å². The number of piperazine rings is 1. The molecular weight excluding hydrogens is 286 g/mol. The van der Waals surface area contributed by atoms with E-state index < -0.39 is 10.0 Å². The van der Waals surface area contributed by atoms with E-state index in [1.807, 2.05) is 0 Å². The summed E-state index contributed by atoms with van der Waals surface area (Å²) in [6, 6.07) is 0.817. The lowest BCUT2D eigenvalue weighted by molar-refractivity contribution is 0.193. The van der Waals surface area contributed by atoms with Crippen molar-refractivity contribution in [1.29, 1.82) is 0 Å². The first-order valence-corrected chi connectivity index (χ1v) is 10.2. The molecule has 3 N–H and O–H groups in total. The second-order valence-electron chi connectivity index (χ2n) is 7.07. The van der Waals surface area contributed by atoms with Crippen LogP contribution < -0.4 is 11.1 Å². The number of rotatable bonds is 3. The van der Waals surface area contributed by atoms with Gasteiger partial charge in [0.2, 0.25) is 10.0 Å². The van der Waals surface area contributed by atoms with Crippen molar-refractivity contribution in [2.45, 2.75) is 69.5 Å². The first-order chi connectivity index (χ1) is 10.1. The predicted molar refractivity (Wildman–Crippen MR) is 84.5 cm³/mol. The highest BCUT2D eigenvalue weighted by Gasteiger charge is 2.38. The predicted octanol–water partition coefficient (Wildman–Crippen LogP) is 1.05. The van der Waals surface area contributed by atoms with Crippen LogP contribution in [0.25, 0.3) is 0 Å². The number of sulfonamides is 1. The number of fused-ring (bicyclic) bond motifs is 2. The SMILES string of the molecule is NC1CCCCC1CCC1CNC2CCCS(=O)(=O)N1C2. The third-order valence-electron chi connectivity index (χ3n) is 5.60. The Morgan fingerprint density at radius 2 is 1.90 bits per heavy atom. The summed E-state index contributed by atoms with van der Waals surface area (Å²) in [5, 5.41) is 3.54. The third kappa shape index (κ3) is 3.60. The summed E-state index contributed by atoms with van der Waals surface area (Å²) in [5.74, 6) is 0.913. The van der Waals surface area contributed by atoms with Crippen molar-refractivity contribution in [3.63, 3.8) is 0 Å². The number of hydrogen-bond acceptors (Lipinski definition) is 4. The zero-order chi connectivity index (χ0) is 14.9. The van der Waals surface area contributed by atoms with Crippen LogP contribution in [0.15, 0.2) is 0 Å². The van der Waals surface area contributed by atoms with E-state index in [9.17, 15) is 8.42 Å². The van der Waals surface area contributed by atoms with E-state index in [-0.39, 0.29) is 6.04 Å². The van der Waals surface area contributed by atoms with Crippen LogP contribution >= 0.6 is 0 Å². The van der Waals surface area contributed by atoms with Crippen LogP contribution in [0.1, 0.15) is 51.4 Å². The molecule has 5 nitrogen and oxygen atoms in total. The number of nitrogens with one attached hydrogen (secondary N) is 1. The smallest absolute Gasteiger partial charge is 0.214 e. The average Bonchev–Trinajstić information content (AvgIpc) is 2.57. The van der Waals surface area contributed by atoms with E-state index in [2.05, 4.69) is 5.32 Å². The average molecular weight is 315 g/mol. The molecule has 0 amide bonds. The van der Waals surface area contributed by atoms with Gasteiger partial charge in [0.05, 0.1) is 5.75 Å². The van der Waals surface area contributed by atoms with Gasteiger partial charge in [-0.25, -0.2) is 8.42 Å². The molecule has 3 rings (SSSR count). The molecule has 122 valence electrons. The Morgan fingerprint density at radius 1 is 1.10 bits per heavy atom. The van der Waals surface area contributed by atoms with Crippen molar-refractivity contribution >= 4 is 10.0 Å². The van der Waals surface area contributed by atoms with E-state index in [1.54, 1.807) is 4.31 Å². The maximum Gasteiger partial charge on any atom is 0.214 e. The molecule has 2 saturated heterocycles. The van der Waals surface area contributed by atoms with Gasteiger partial charge in [-0.1, -0.05) is 12.8 Å². The summed E-state index contributed by atoms with van der Waals surface area (Å²) in [6.45, 7) is 1.48. The molecule has 3 aliphatic rings. The van der Waals surface area contributed by atoms with Crippen LogP contribution in [0.3, 0.4) is 0 Å². The molecule has 1 saturated carbocycles. The van der Waals surface area contributed by atoms with E-state index in [1.165, 1.54) is 19.3 Å². The molecule has 3 fully saturated rings. The van der Waals surface area contributed by atoms with Crippen molar-refractivity contribution in [1.82, 2.24) is 9.62 Å². The summed E-state index contributed by atoms with van der Waals surface area (Å²) < 4.78 is 26.6. The molecule has 0 aromatic rings. The summed E-state index contributed by atoms with van der Waals surface area (Å²) in [6.07, 6.45) is 8.69. The Labute approximate surface area is 128 Å². The minimum atomic E-state index is -3.05. The highest BCUT2D eigenvalue weighted by molar-refractivity contribution is 7.89. The first kappa shape index (κ1) is 15.7. The Bertz CT molecular complexity index is 454.